The van der Waals surface area contributed by atoms with Crippen molar-refractivity contribution in [2.45, 2.75) is 18.9 Å². The molecule has 24 heavy (non-hydrogen) atoms. The second kappa shape index (κ2) is 7.56. The van der Waals surface area contributed by atoms with Crippen molar-refractivity contribution in [1.29, 1.82) is 0 Å². The van der Waals surface area contributed by atoms with Gasteiger partial charge in [-0.3, -0.25) is 9.59 Å². The van der Waals surface area contributed by atoms with E-state index in [1.165, 1.54) is 13.2 Å². The van der Waals surface area contributed by atoms with E-state index in [1.54, 1.807) is 18.2 Å². The number of esters is 1. The number of carbonyl (C=O) groups excluding carboxylic acids is 2. The van der Waals surface area contributed by atoms with Gasteiger partial charge in [0, 0.05) is 6.42 Å². The Bertz CT molecular complexity index is 788. The number of benzene rings is 2. The number of anilines is 1. The SMILES string of the molecule is COC(=O)[C@@H](N)CCC(=O)Nc1cc2ccccc2cc1C(=O)O. The lowest BCUT2D eigenvalue weighted by Gasteiger charge is -2.12. The van der Waals surface area contributed by atoms with Crippen molar-refractivity contribution in [3.8, 4) is 0 Å². The van der Waals surface area contributed by atoms with Gasteiger partial charge in [0.25, 0.3) is 0 Å². The van der Waals surface area contributed by atoms with Gasteiger partial charge < -0.3 is 20.9 Å². The third-order valence-corrected chi connectivity index (χ3v) is 3.58. The molecule has 0 unspecified atom stereocenters. The summed E-state index contributed by atoms with van der Waals surface area (Å²) in [5, 5.41) is 13.5. The van der Waals surface area contributed by atoms with E-state index in [1.807, 2.05) is 12.1 Å². The van der Waals surface area contributed by atoms with E-state index in [2.05, 4.69) is 10.1 Å². The highest BCUT2D eigenvalue weighted by Gasteiger charge is 2.17. The average Bonchev–Trinajstić information content (AvgIpc) is 2.58. The minimum absolute atomic E-state index is 0.000633. The highest BCUT2D eigenvalue weighted by atomic mass is 16.5. The van der Waals surface area contributed by atoms with Crippen LogP contribution in [0.25, 0.3) is 10.8 Å². The van der Waals surface area contributed by atoms with Crippen LogP contribution < -0.4 is 11.1 Å². The first-order valence-corrected chi connectivity index (χ1v) is 7.31. The fourth-order valence-electron chi connectivity index (χ4n) is 2.29. The monoisotopic (exact) mass is 330 g/mol. The van der Waals surface area contributed by atoms with Crippen molar-refractivity contribution in [3.63, 3.8) is 0 Å². The van der Waals surface area contributed by atoms with E-state index >= 15 is 0 Å². The Kier molecular flexibility index (Phi) is 5.49. The number of methoxy groups -OCH3 is 1. The zero-order valence-electron chi connectivity index (χ0n) is 13.1. The van der Waals surface area contributed by atoms with Crippen LogP contribution in [-0.2, 0) is 14.3 Å². The third kappa shape index (κ3) is 4.08. The number of nitrogens with one attached hydrogen (secondary N) is 1. The van der Waals surface area contributed by atoms with Gasteiger partial charge in [0.05, 0.1) is 18.4 Å². The third-order valence-electron chi connectivity index (χ3n) is 3.58. The first-order valence-electron chi connectivity index (χ1n) is 7.31. The van der Waals surface area contributed by atoms with Gasteiger partial charge in [0.15, 0.2) is 0 Å². The number of amides is 1. The molecule has 2 aromatic carbocycles. The van der Waals surface area contributed by atoms with Crippen LogP contribution in [0.3, 0.4) is 0 Å². The number of carboxylic acids is 1. The number of carbonyl (C=O) groups is 3. The fourth-order valence-corrected chi connectivity index (χ4v) is 2.29. The van der Waals surface area contributed by atoms with Gasteiger partial charge in [-0.25, -0.2) is 4.79 Å². The minimum atomic E-state index is -1.14. The molecule has 0 saturated heterocycles. The zero-order valence-corrected chi connectivity index (χ0v) is 13.1. The topological polar surface area (TPSA) is 119 Å². The van der Waals surface area contributed by atoms with Gasteiger partial charge in [0.1, 0.15) is 6.04 Å². The second-order valence-corrected chi connectivity index (χ2v) is 5.27. The van der Waals surface area contributed by atoms with Crippen molar-refractivity contribution in [1.82, 2.24) is 0 Å². The Morgan fingerprint density at radius 3 is 2.42 bits per heavy atom. The summed E-state index contributed by atoms with van der Waals surface area (Å²) in [5.41, 5.74) is 5.78. The molecule has 0 saturated carbocycles. The van der Waals surface area contributed by atoms with Crippen LogP contribution in [0.1, 0.15) is 23.2 Å². The molecule has 4 N–H and O–H groups in total. The lowest BCUT2D eigenvalue weighted by molar-refractivity contribution is -0.142. The van der Waals surface area contributed by atoms with Crippen LogP contribution >= 0.6 is 0 Å². The van der Waals surface area contributed by atoms with Crippen LogP contribution in [0.2, 0.25) is 0 Å². The van der Waals surface area contributed by atoms with Crippen molar-refractivity contribution in [2.24, 2.45) is 5.73 Å². The molecule has 0 radical (unpaired) electrons. The number of hydrogen-bond donors (Lipinski definition) is 3. The first-order chi connectivity index (χ1) is 11.4. The molecule has 0 bridgehead atoms. The molecule has 2 aromatic rings. The van der Waals surface area contributed by atoms with Gasteiger partial charge in [0.2, 0.25) is 5.91 Å². The maximum absolute atomic E-state index is 12.0. The maximum Gasteiger partial charge on any atom is 0.337 e. The minimum Gasteiger partial charge on any atom is -0.478 e. The number of hydrogen-bond acceptors (Lipinski definition) is 5. The quantitative estimate of drug-likeness (QED) is 0.694. The second-order valence-electron chi connectivity index (χ2n) is 5.27. The van der Waals surface area contributed by atoms with E-state index in [0.29, 0.717) is 0 Å². The van der Waals surface area contributed by atoms with E-state index in [-0.39, 0.29) is 24.1 Å². The smallest absolute Gasteiger partial charge is 0.337 e. The van der Waals surface area contributed by atoms with E-state index in [0.717, 1.165) is 10.8 Å². The summed E-state index contributed by atoms with van der Waals surface area (Å²) >= 11 is 0. The highest BCUT2D eigenvalue weighted by Crippen LogP contribution is 2.24. The largest absolute Gasteiger partial charge is 0.478 e. The predicted octanol–water partition coefficient (Wildman–Crippen LogP) is 1.76. The lowest BCUT2D eigenvalue weighted by Crippen LogP contribution is -2.32. The van der Waals surface area contributed by atoms with Crippen LogP contribution in [0.15, 0.2) is 36.4 Å². The van der Waals surface area contributed by atoms with Gasteiger partial charge in [-0.15, -0.1) is 0 Å². The Hall–Kier alpha value is -2.93. The summed E-state index contributed by atoms with van der Waals surface area (Å²) < 4.78 is 4.49. The van der Waals surface area contributed by atoms with Crippen molar-refractivity contribution in [3.05, 3.63) is 42.0 Å². The van der Waals surface area contributed by atoms with Gasteiger partial charge in [-0.2, -0.15) is 0 Å². The molecule has 0 aliphatic heterocycles. The molecule has 126 valence electrons. The molecule has 7 nitrogen and oxygen atoms in total. The Labute approximate surface area is 138 Å². The molecule has 0 aliphatic rings. The zero-order chi connectivity index (χ0) is 17.7. The van der Waals surface area contributed by atoms with Crippen molar-refractivity contribution in [2.75, 3.05) is 12.4 Å². The molecule has 0 spiro atoms. The van der Waals surface area contributed by atoms with Gasteiger partial charge >= 0.3 is 11.9 Å². The number of ether oxygens (including phenoxy) is 1. The summed E-state index contributed by atoms with van der Waals surface area (Å²) in [4.78, 5) is 34.7. The van der Waals surface area contributed by atoms with Crippen molar-refractivity contribution < 1.29 is 24.2 Å². The molecular formula is C17H18N2O5. The maximum atomic E-state index is 12.0. The fraction of sp³-hybridized carbons (Fsp3) is 0.235. The van der Waals surface area contributed by atoms with Crippen LogP contribution in [0.4, 0.5) is 5.69 Å². The van der Waals surface area contributed by atoms with E-state index in [9.17, 15) is 19.5 Å². The molecule has 2 rings (SSSR count). The molecule has 0 aliphatic carbocycles. The number of nitrogens with two attached hydrogens (primary N) is 1. The van der Waals surface area contributed by atoms with E-state index in [4.69, 9.17) is 5.73 Å². The molecule has 0 aromatic heterocycles. The summed E-state index contributed by atoms with van der Waals surface area (Å²) in [6, 6.07) is 9.47. The molecular weight excluding hydrogens is 312 g/mol. The first kappa shape index (κ1) is 17.4. The van der Waals surface area contributed by atoms with E-state index < -0.39 is 23.9 Å². The average molecular weight is 330 g/mol. The van der Waals surface area contributed by atoms with Crippen LogP contribution in [-0.4, -0.2) is 36.1 Å². The Balaban J connectivity index is 2.16. The number of rotatable bonds is 6. The summed E-state index contributed by atoms with van der Waals surface area (Å²) in [7, 11) is 1.22. The molecule has 1 amide bonds. The number of aromatic carboxylic acids is 1. The lowest BCUT2D eigenvalue weighted by atomic mass is 10.0. The summed E-state index contributed by atoms with van der Waals surface area (Å²) in [5.74, 6) is -2.16. The summed E-state index contributed by atoms with van der Waals surface area (Å²) in [6.45, 7) is 0. The Morgan fingerprint density at radius 1 is 1.21 bits per heavy atom. The Morgan fingerprint density at radius 2 is 1.83 bits per heavy atom. The number of fused-ring (bicyclic) bond motifs is 1. The van der Waals surface area contributed by atoms with Gasteiger partial charge in [-0.1, -0.05) is 24.3 Å². The summed E-state index contributed by atoms with van der Waals surface area (Å²) in [6.07, 6.45) is 0.0800. The molecule has 0 fully saturated rings. The molecule has 1 atom stereocenters. The van der Waals surface area contributed by atoms with Crippen LogP contribution in [0.5, 0.6) is 0 Å². The standard InChI is InChI=1S/C17H18N2O5/c1-24-17(23)13(18)6-7-15(20)19-14-9-11-5-3-2-4-10(11)8-12(14)16(21)22/h2-5,8-9,13H,6-7,18H2,1H3,(H,19,20)(H,21,22)/t13-/m0/s1. The normalized spacial score (nSPS) is 11.8. The highest BCUT2D eigenvalue weighted by molar-refractivity contribution is 6.05. The molecule has 0 heterocycles. The van der Waals surface area contributed by atoms with Crippen LogP contribution in [0, 0.1) is 0 Å². The molecule has 7 heteroatoms. The van der Waals surface area contributed by atoms with Crippen molar-refractivity contribution >= 4 is 34.3 Å². The van der Waals surface area contributed by atoms with Gasteiger partial charge in [-0.05, 0) is 29.3 Å². The number of carboxylic acid groups (broad SMARTS) is 1. The predicted molar refractivity (Wildman–Crippen MR) is 88.8 cm³/mol.